The number of nitrogens with one attached hydrogen (secondary N) is 1. The maximum absolute atomic E-state index is 12.8. The maximum Gasteiger partial charge on any atom is 0.303 e. The summed E-state index contributed by atoms with van der Waals surface area (Å²) < 4.78 is 0. The Bertz CT molecular complexity index is 1160. The predicted octanol–water partition coefficient (Wildman–Crippen LogP) is 7.38. The van der Waals surface area contributed by atoms with E-state index < -0.39 is 11.4 Å². The molecule has 0 aliphatic heterocycles. The quantitative estimate of drug-likeness (QED) is 0.298. The van der Waals surface area contributed by atoms with E-state index in [0.29, 0.717) is 16.5 Å². The zero-order valence-electron chi connectivity index (χ0n) is 20.2. The van der Waals surface area contributed by atoms with Crippen molar-refractivity contribution in [2.24, 2.45) is 5.41 Å². The summed E-state index contributed by atoms with van der Waals surface area (Å²) >= 11 is 12.4. The number of aliphatic carboxylic acids is 1. The van der Waals surface area contributed by atoms with Gasteiger partial charge in [0.1, 0.15) is 0 Å². The minimum Gasteiger partial charge on any atom is -0.481 e. The number of halogens is 2. The Balaban J connectivity index is 1.84. The molecule has 0 aliphatic carbocycles. The van der Waals surface area contributed by atoms with E-state index >= 15 is 0 Å². The van der Waals surface area contributed by atoms with E-state index in [2.05, 4.69) is 41.7 Å². The number of carboxylic acids is 1. The van der Waals surface area contributed by atoms with Crippen molar-refractivity contribution in [2.75, 3.05) is 0 Å². The van der Waals surface area contributed by atoms with E-state index in [1.54, 1.807) is 19.9 Å². The summed E-state index contributed by atoms with van der Waals surface area (Å²) in [5.74, 6) is -1.10. The van der Waals surface area contributed by atoms with Crippen LogP contribution in [-0.2, 0) is 16.0 Å². The predicted molar refractivity (Wildman–Crippen MR) is 143 cm³/mol. The Morgan fingerprint density at radius 3 is 2.11 bits per heavy atom. The molecule has 3 aromatic carbocycles. The number of hydrogen-bond donors (Lipinski definition) is 2. The van der Waals surface area contributed by atoms with Crippen LogP contribution in [0.2, 0.25) is 10.0 Å². The maximum atomic E-state index is 12.8. The number of carbonyl (C=O) groups excluding carboxylic acids is 1. The SMILES string of the molecule is CC(NC(=O)CC(C)(C)CC(=O)O)C(Cc1ccc(Cl)c(Cl)c1)c1ccc(-c2ccccc2)cc1. The minimum atomic E-state index is -0.910. The molecule has 2 atom stereocenters. The van der Waals surface area contributed by atoms with Gasteiger partial charge in [0, 0.05) is 18.4 Å². The second-order valence-electron chi connectivity index (χ2n) is 9.81. The van der Waals surface area contributed by atoms with E-state index in [1.807, 2.05) is 37.3 Å². The van der Waals surface area contributed by atoms with E-state index in [1.165, 1.54) is 0 Å². The van der Waals surface area contributed by atoms with Crippen molar-refractivity contribution < 1.29 is 14.7 Å². The molecule has 3 rings (SSSR count). The highest BCUT2D eigenvalue weighted by molar-refractivity contribution is 6.42. The van der Waals surface area contributed by atoms with Gasteiger partial charge in [-0.2, -0.15) is 0 Å². The molecule has 0 heterocycles. The van der Waals surface area contributed by atoms with Crippen molar-refractivity contribution in [3.63, 3.8) is 0 Å². The first kappa shape index (κ1) is 26.8. The molecule has 0 bridgehead atoms. The lowest BCUT2D eigenvalue weighted by atomic mass is 9.83. The number of hydrogen-bond acceptors (Lipinski definition) is 2. The Labute approximate surface area is 217 Å². The van der Waals surface area contributed by atoms with Gasteiger partial charge in [0.2, 0.25) is 5.91 Å². The topological polar surface area (TPSA) is 66.4 Å². The summed E-state index contributed by atoms with van der Waals surface area (Å²) in [6.07, 6.45) is 0.722. The van der Waals surface area contributed by atoms with Crippen LogP contribution in [0, 0.1) is 5.41 Å². The Morgan fingerprint density at radius 2 is 1.51 bits per heavy atom. The van der Waals surface area contributed by atoms with Crippen LogP contribution in [0.4, 0.5) is 0 Å². The molecule has 1 amide bonds. The fraction of sp³-hybridized carbons (Fsp3) is 0.310. The Morgan fingerprint density at radius 1 is 0.886 bits per heavy atom. The highest BCUT2D eigenvalue weighted by Gasteiger charge is 2.28. The van der Waals surface area contributed by atoms with Crippen molar-refractivity contribution in [3.05, 3.63) is 94.0 Å². The number of carboxylic acid groups (broad SMARTS) is 1. The first-order valence-corrected chi connectivity index (χ1v) is 12.4. The van der Waals surface area contributed by atoms with Crippen LogP contribution in [0.3, 0.4) is 0 Å². The molecule has 0 aliphatic rings. The normalized spacial score (nSPS) is 13.2. The van der Waals surface area contributed by atoms with Gasteiger partial charge in [0.25, 0.3) is 0 Å². The van der Waals surface area contributed by atoms with Gasteiger partial charge in [-0.3, -0.25) is 9.59 Å². The fourth-order valence-corrected chi connectivity index (χ4v) is 4.69. The smallest absolute Gasteiger partial charge is 0.303 e. The van der Waals surface area contributed by atoms with Gasteiger partial charge in [-0.1, -0.05) is 97.7 Å². The molecular formula is C29H31Cl2NO3. The van der Waals surface area contributed by atoms with Crippen LogP contribution in [0.1, 0.15) is 50.7 Å². The summed E-state index contributed by atoms with van der Waals surface area (Å²) in [4.78, 5) is 24.0. The molecule has 4 nitrogen and oxygen atoms in total. The molecule has 2 unspecified atom stereocenters. The molecule has 0 saturated carbocycles. The van der Waals surface area contributed by atoms with E-state index in [-0.39, 0.29) is 30.7 Å². The average molecular weight is 512 g/mol. The van der Waals surface area contributed by atoms with E-state index in [0.717, 1.165) is 22.3 Å². The number of rotatable bonds is 10. The summed E-state index contributed by atoms with van der Waals surface area (Å²) in [7, 11) is 0. The van der Waals surface area contributed by atoms with Crippen molar-refractivity contribution >= 4 is 35.1 Å². The van der Waals surface area contributed by atoms with Gasteiger partial charge >= 0.3 is 5.97 Å². The Kier molecular flexibility index (Phi) is 8.98. The molecule has 0 radical (unpaired) electrons. The van der Waals surface area contributed by atoms with Crippen LogP contribution in [0.15, 0.2) is 72.8 Å². The summed E-state index contributed by atoms with van der Waals surface area (Å²) in [6, 6.07) is 24.0. The fourth-order valence-electron chi connectivity index (χ4n) is 4.37. The number of carbonyl (C=O) groups is 2. The molecule has 35 heavy (non-hydrogen) atoms. The zero-order valence-corrected chi connectivity index (χ0v) is 21.7. The van der Waals surface area contributed by atoms with Crippen LogP contribution in [0.5, 0.6) is 0 Å². The number of benzene rings is 3. The minimum absolute atomic E-state index is 0.0244. The second kappa shape index (κ2) is 11.7. The van der Waals surface area contributed by atoms with Crippen molar-refractivity contribution in [3.8, 4) is 11.1 Å². The van der Waals surface area contributed by atoms with Gasteiger partial charge in [0.05, 0.1) is 16.5 Å². The standard InChI is InChI=1S/C29H31Cl2NO3/c1-19(32-27(33)17-29(2,3)18-28(34)35)24(15-20-9-14-25(30)26(31)16-20)23-12-10-22(11-13-23)21-7-5-4-6-8-21/h4-14,16,19,24H,15,17-18H2,1-3H3,(H,32,33)(H,34,35). The second-order valence-corrected chi connectivity index (χ2v) is 10.6. The van der Waals surface area contributed by atoms with Crippen LogP contribution >= 0.6 is 23.2 Å². The molecule has 0 spiro atoms. The summed E-state index contributed by atoms with van der Waals surface area (Å²) in [5, 5.41) is 13.2. The van der Waals surface area contributed by atoms with E-state index in [9.17, 15) is 9.59 Å². The van der Waals surface area contributed by atoms with Gasteiger partial charge in [0.15, 0.2) is 0 Å². The molecular weight excluding hydrogens is 481 g/mol. The van der Waals surface area contributed by atoms with E-state index in [4.69, 9.17) is 28.3 Å². The first-order valence-electron chi connectivity index (χ1n) is 11.6. The molecule has 0 fully saturated rings. The lowest BCUT2D eigenvalue weighted by Crippen LogP contribution is -2.40. The van der Waals surface area contributed by atoms with Crippen molar-refractivity contribution in [1.29, 1.82) is 0 Å². The van der Waals surface area contributed by atoms with Gasteiger partial charge < -0.3 is 10.4 Å². The van der Waals surface area contributed by atoms with Gasteiger partial charge in [-0.05, 0) is 53.1 Å². The van der Waals surface area contributed by atoms with Crippen molar-refractivity contribution in [1.82, 2.24) is 5.32 Å². The monoisotopic (exact) mass is 511 g/mol. The molecule has 0 aromatic heterocycles. The third-order valence-electron chi connectivity index (χ3n) is 6.15. The highest BCUT2D eigenvalue weighted by atomic mass is 35.5. The molecule has 0 saturated heterocycles. The number of amides is 1. The van der Waals surface area contributed by atoms with Crippen LogP contribution < -0.4 is 5.32 Å². The molecule has 3 aromatic rings. The molecule has 184 valence electrons. The first-order chi connectivity index (χ1) is 16.5. The Hall–Kier alpha value is -2.82. The largest absolute Gasteiger partial charge is 0.481 e. The van der Waals surface area contributed by atoms with Crippen LogP contribution in [0.25, 0.3) is 11.1 Å². The average Bonchev–Trinajstić information content (AvgIpc) is 2.79. The third-order valence-corrected chi connectivity index (χ3v) is 6.89. The highest BCUT2D eigenvalue weighted by Crippen LogP contribution is 2.31. The summed E-state index contributed by atoms with van der Waals surface area (Å²) in [5.41, 5.74) is 3.74. The lowest BCUT2D eigenvalue weighted by Gasteiger charge is -2.28. The third kappa shape index (κ3) is 7.84. The molecule has 6 heteroatoms. The molecule has 2 N–H and O–H groups in total. The van der Waals surface area contributed by atoms with Crippen LogP contribution in [-0.4, -0.2) is 23.0 Å². The van der Waals surface area contributed by atoms with Crippen molar-refractivity contribution in [2.45, 2.75) is 52.0 Å². The van der Waals surface area contributed by atoms with Gasteiger partial charge in [-0.25, -0.2) is 0 Å². The lowest BCUT2D eigenvalue weighted by molar-refractivity contribution is -0.139. The summed E-state index contributed by atoms with van der Waals surface area (Å²) in [6.45, 7) is 5.57. The van der Waals surface area contributed by atoms with Gasteiger partial charge in [-0.15, -0.1) is 0 Å². The zero-order chi connectivity index (χ0) is 25.6.